The molecule has 4 heterocycles. The maximum atomic E-state index is 13.6. The topological polar surface area (TPSA) is 71.8 Å². The van der Waals surface area contributed by atoms with Crippen molar-refractivity contribution in [2.24, 2.45) is 5.92 Å². The van der Waals surface area contributed by atoms with Gasteiger partial charge in [-0.1, -0.05) is 31.2 Å². The van der Waals surface area contributed by atoms with E-state index in [2.05, 4.69) is 23.2 Å². The van der Waals surface area contributed by atoms with Crippen molar-refractivity contribution >= 4 is 43.8 Å². The third kappa shape index (κ3) is 3.37. The summed E-state index contributed by atoms with van der Waals surface area (Å²) in [4.78, 5) is 23.2. The summed E-state index contributed by atoms with van der Waals surface area (Å²) < 4.78 is 6.96. The quantitative estimate of drug-likeness (QED) is 0.482. The van der Waals surface area contributed by atoms with Crippen LogP contribution in [0.15, 0.2) is 29.1 Å². The van der Waals surface area contributed by atoms with Gasteiger partial charge in [0, 0.05) is 41.8 Å². The first-order valence-electron chi connectivity index (χ1n) is 11.5. The Kier molecular flexibility index (Phi) is 5.08. The Morgan fingerprint density at radius 2 is 2.03 bits per heavy atom. The van der Waals surface area contributed by atoms with Gasteiger partial charge >= 0.3 is 0 Å². The molecule has 0 saturated carbocycles. The van der Waals surface area contributed by atoms with E-state index in [1.54, 1.807) is 11.3 Å². The molecule has 1 aliphatic heterocycles. The van der Waals surface area contributed by atoms with E-state index in [1.807, 2.05) is 18.2 Å². The molecule has 1 saturated heterocycles. The molecule has 6 rings (SSSR count). The van der Waals surface area contributed by atoms with Gasteiger partial charge in [0.15, 0.2) is 11.5 Å². The Morgan fingerprint density at radius 1 is 1.22 bits per heavy atom. The highest BCUT2D eigenvalue weighted by Gasteiger charge is 2.24. The monoisotopic (exact) mass is 449 g/mol. The number of fused-ring (bicyclic) bond motifs is 6. The smallest absolute Gasteiger partial charge is 0.283 e. The molecule has 1 N–H and O–H groups in total. The molecule has 32 heavy (non-hydrogen) atoms. The number of rotatable bonds is 4. The van der Waals surface area contributed by atoms with Crippen LogP contribution in [0, 0.1) is 5.92 Å². The van der Waals surface area contributed by atoms with E-state index in [9.17, 15) is 4.79 Å². The predicted molar refractivity (Wildman–Crippen MR) is 129 cm³/mol. The van der Waals surface area contributed by atoms with Crippen molar-refractivity contribution in [3.8, 4) is 0 Å². The van der Waals surface area contributed by atoms with Crippen LogP contribution in [0.25, 0.3) is 26.6 Å². The number of ether oxygens (including phenoxy) is 1. The largest absolute Gasteiger partial charge is 0.379 e. The molecule has 0 spiro atoms. The second-order valence-corrected chi connectivity index (χ2v) is 10.0. The zero-order valence-corrected chi connectivity index (χ0v) is 19.1. The zero-order valence-electron chi connectivity index (χ0n) is 18.3. The second-order valence-electron chi connectivity index (χ2n) is 8.96. The summed E-state index contributed by atoms with van der Waals surface area (Å²) in [5, 5.41) is 11.0. The van der Waals surface area contributed by atoms with Crippen LogP contribution < -0.4 is 10.9 Å². The van der Waals surface area contributed by atoms with Crippen LogP contribution in [0.1, 0.15) is 23.8 Å². The van der Waals surface area contributed by atoms with Crippen molar-refractivity contribution < 1.29 is 4.74 Å². The molecule has 0 bridgehead atoms. The van der Waals surface area contributed by atoms with Crippen molar-refractivity contribution in [3.05, 3.63) is 45.1 Å². The average Bonchev–Trinajstić information content (AvgIpc) is 3.18. The van der Waals surface area contributed by atoms with E-state index in [-0.39, 0.29) is 5.56 Å². The lowest BCUT2D eigenvalue weighted by Crippen LogP contribution is -2.39. The van der Waals surface area contributed by atoms with Crippen LogP contribution in [-0.2, 0) is 17.6 Å². The van der Waals surface area contributed by atoms with E-state index in [0.29, 0.717) is 11.6 Å². The first kappa shape index (κ1) is 20.1. The molecule has 1 atom stereocenters. The third-order valence-corrected chi connectivity index (χ3v) is 7.90. The van der Waals surface area contributed by atoms with Gasteiger partial charge in [0.1, 0.15) is 4.83 Å². The van der Waals surface area contributed by atoms with E-state index in [0.717, 1.165) is 85.5 Å². The Bertz CT molecular complexity index is 1370. The molecular formula is C24H27N5O2S. The Balaban J connectivity index is 1.45. The predicted octanol–water partition coefficient (Wildman–Crippen LogP) is 3.33. The minimum atomic E-state index is -0.0426. The van der Waals surface area contributed by atoms with E-state index in [4.69, 9.17) is 14.8 Å². The van der Waals surface area contributed by atoms with E-state index in [1.165, 1.54) is 15.0 Å². The minimum Gasteiger partial charge on any atom is -0.379 e. The van der Waals surface area contributed by atoms with Crippen molar-refractivity contribution in [2.75, 3.05) is 44.7 Å². The summed E-state index contributed by atoms with van der Waals surface area (Å²) in [6.07, 6.45) is 3.12. The molecule has 8 heteroatoms. The van der Waals surface area contributed by atoms with Crippen LogP contribution in [0.4, 0.5) is 5.82 Å². The molecule has 1 fully saturated rings. The second kappa shape index (κ2) is 8.10. The molecule has 1 aromatic carbocycles. The fraction of sp³-hybridized carbons (Fsp3) is 0.458. The van der Waals surface area contributed by atoms with Crippen LogP contribution in [0.5, 0.6) is 0 Å². The van der Waals surface area contributed by atoms with Gasteiger partial charge in [-0.2, -0.15) is 4.52 Å². The highest BCUT2D eigenvalue weighted by molar-refractivity contribution is 7.18. The van der Waals surface area contributed by atoms with Gasteiger partial charge in [-0.3, -0.25) is 9.69 Å². The average molecular weight is 450 g/mol. The van der Waals surface area contributed by atoms with Gasteiger partial charge in [0.2, 0.25) is 0 Å². The number of anilines is 1. The number of thiophene rings is 1. The highest BCUT2D eigenvalue weighted by atomic mass is 32.1. The van der Waals surface area contributed by atoms with E-state index < -0.39 is 0 Å². The van der Waals surface area contributed by atoms with E-state index >= 15 is 0 Å². The van der Waals surface area contributed by atoms with Crippen LogP contribution in [-0.4, -0.2) is 58.9 Å². The number of hydrogen-bond donors (Lipinski definition) is 1. The maximum Gasteiger partial charge on any atom is 0.283 e. The lowest BCUT2D eigenvalue weighted by molar-refractivity contribution is 0.0398. The lowest BCUT2D eigenvalue weighted by atomic mass is 9.89. The Morgan fingerprint density at radius 3 is 2.88 bits per heavy atom. The minimum absolute atomic E-state index is 0.0426. The molecule has 1 aliphatic carbocycles. The summed E-state index contributed by atoms with van der Waals surface area (Å²) in [5.41, 5.74) is 1.80. The first-order chi connectivity index (χ1) is 15.7. The van der Waals surface area contributed by atoms with Crippen LogP contribution in [0.3, 0.4) is 0 Å². The van der Waals surface area contributed by atoms with Crippen molar-refractivity contribution in [1.29, 1.82) is 0 Å². The number of nitrogens with one attached hydrogen (secondary N) is 1. The summed E-state index contributed by atoms with van der Waals surface area (Å²) in [6.45, 7) is 7.45. The van der Waals surface area contributed by atoms with Gasteiger partial charge in [-0.25, -0.2) is 4.98 Å². The molecule has 166 valence electrons. The normalized spacial score (nSPS) is 19.6. The summed E-state index contributed by atoms with van der Waals surface area (Å²) in [5.74, 6) is 1.40. The fourth-order valence-corrected chi connectivity index (χ4v) is 6.35. The number of aromatic nitrogens is 3. The molecule has 2 aliphatic rings. The molecule has 3 aromatic heterocycles. The first-order valence-corrected chi connectivity index (χ1v) is 12.3. The number of benzene rings is 1. The zero-order chi connectivity index (χ0) is 21.7. The Hall–Kier alpha value is -2.55. The van der Waals surface area contributed by atoms with Gasteiger partial charge in [-0.15, -0.1) is 16.4 Å². The number of hydrogen-bond acceptors (Lipinski definition) is 7. The maximum absolute atomic E-state index is 13.6. The molecule has 0 amide bonds. The molecular weight excluding hydrogens is 422 g/mol. The van der Waals surface area contributed by atoms with Crippen molar-refractivity contribution in [3.63, 3.8) is 0 Å². The number of morpholine rings is 1. The summed E-state index contributed by atoms with van der Waals surface area (Å²) in [6, 6.07) is 8.09. The van der Waals surface area contributed by atoms with Gasteiger partial charge < -0.3 is 10.1 Å². The van der Waals surface area contributed by atoms with Crippen molar-refractivity contribution in [2.45, 2.75) is 26.2 Å². The standard InChI is InChI=1S/C24H27N5O2S/c1-15-6-7-18-19(14-15)32-23-20(18)24(30)29-22(26-23)17-5-3-2-4-16(17)21(27-29)25-8-9-28-10-12-31-13-11-28/h2-5,15H,6-14H2,1H3,(H,25,27). The third-order valence-electron chi connectivity index (χ3n) is 6.75. The van der Waals surface area contributed by atoms with Gasteiger partial charge in [0.05, 0.1) is 18.6 Å². The fourth-order valence-electron chi connectivity index (χ4n) is 4.97. The van der Waals surface area contributed by atoms with Gasteiger partial charge in [0.25, 0.3) is 5.56 Å². The van der Waals surface area contributed by atoms with Crippen LogP contribution >= 0.6 is 11.3 Å². The van der Waals surface area contributed by atoms with Gasteiger partial charge in [-0.05, 0) is 30.7 Å². The molecule has 7 nitrogen and oxygen atoms in total. The number of nitrogens with zero attached hydrogens (tertiary/aromatic N) is 4. The van der Waals surface area contributed by atoms with Crippen LogP contribution in [0.2, 0.25) is 0 Å². The molecule has 1 unspecified atom stereocenters. The Labute approximate surface area is 190 Å². The molecule has 4 aromatic rings. The highest BCUT2D eigenvalue weighted by Crippen LogP contribution is 2.36. The molecule has 0 radical (unpaired) electrons. The summed E-state index contributed by atoms with van der Waals surface area (Å²) >= 11 is 1.69. The van der Waals surface area contributed by atoms with Crippen molar-refractivity contribution in [1.82, 2.24) is 19.5 Å². The summed E-state index contributed by atoms with van der Waals surface area (Å²) in [7, 11) is 0. The SMILES string of the molecule is CC1CCc2c(sc3nc4c5ccccc5c(NCCN5CCOCC5)nn4c(=O)c23)C1. The lowest BCUT2D eigenvalue weighted by Gasteiger charge is -2.26. The number of aryl methyl sites for hydroxylation is 1.